The first kappa shape index (κ1) is 16.2. The normalized spacial score (nSPS) is 18.2. The largest absolute Gasteiger partial charge is 0.329 e. The van der Waals surface area contributed by atoms with Crippen molar-refractivity contribution >= 4 is 22.4 Å². The van der Waals surface area contributed by atoms with Crippen LogP contribution in [0.3, 0.4) is 0 Å². The fourth-order valence-electron chi connectivity index (χ4n) is 1.52. The smallest absolute Gasteiger partial charge is 0.211 e. The second-order valence-corrected chi connectivity index (χ2v) is 6.67. The summed E-state index contributed by atoms with van der Waals surface area (Å²) in [5.74, 6) is 1.11. The number of nitrogens with one attached hydrogen (secondary N) is 1. The highest BCUT2D eigenvalue weighted by atomic mass is 35.5. The number of rotatable bonds is 7. The predicted octanol–water partition coefficient (Wildman–Crippen LogP) is 1.11. The Bertz CT molecular complexity index is 289. The van der Waals surface area contributed by atoms with Crippen molar-refractivity contribution in [3.8, 4) is 0 Å². The molecule has 0 aromatic heterocycles. The first-order chi connectivity index (χ1) is 6.94. The maximum atomic E-state index is 11.7. The Hall–Kier alpha value is 0.160. The minimum Gasteiger partial charge on any atom is -0.329 e. The molecule has 0 aromatic carbocycles. The Morgan fingerprint density at radius 3 is 2.31 bits per heavy atom. The van der Waals surface area contributed by atoms with Gasteiger partial charge in [-0.25, -0.2) is 13.1 Å². The van der Waals surface area contributed by atoms with Gasteiger partial charge in [0.2, 0.25) is 10.0 Å². The molecule has 0 amide bonds. The second kappa shape index (κ2) is 6.79. The molecule has 0 aliphatic heterocycles. The van der Waals surface area contributed by atoms with Gasteiger partial charge in [0.25, 0.3) is 0 Å². The maximum Gasteiger partial charge on any atom is 0.211 e. The molecular formula is C10H23ClN2O2S. The summed E-state index contributed by atoms with van der Waals surface area (Å²) < 4.78 is 26.0. The van der Waals surface area contributed by atoms with Gasteiger partial charge in [-0.15, -0.1) is 12.4 Å². The predicted molar refractivity (Wildman–Crippen MR) is 69.2 cm³/mol. The van der Waals surface area contributed by atoms with E-state index in [1.54, 1.807) is 0 Å². The molecule has 0 heterocycles. The number of halogens is 1. The van der Waals surface area contributed by atoms with Crippen LogP contribution in [0.1, 0.15) is 33.1 Å². The van der Waals surface area contributed by atoms with E-state index in [2.05, 4.69) is 4.72 Å². The van der Waals surface area contributed by atoms with Crippen molar-refractivity contribution in [3.05, 3.63) is 0 Å². The Morgan fingerprint density at radius 1 is 1.38 bits per heavy atom. The fraction of sp³-hybridized carbons (Fsp3) is 1.00. The van der Waals surface area contributed by atoms with Gasteiger partial charge in [0, 0.05) is 12.6 Å². The van der Waals surface area contributed by atoms with Crippen molar-refractivity contribution in [2.24, 2.45) is 17.6 Å². The Balaban J connectivity index is 0.00000225. The lowest BCUT2D eigenvalue weighted by Gasteiger charge is -2.16. The highest BCUT2D eigenvalue weighted by molar-refractivity contribution is 7.89. The number of hydrogen-bond donors (Lipinski definition) is 2. The highest BCUT2D eigenvalue weighted by Crippen LogP contribution is 2.32. The Kier molecular flexibility index (Phi) is 6.86. The minimum absolute atomic E-state index is 0. The van der Waals surface area contributed by atoms with E-state index in [4.69, 9.17) is 5.73 Å². The Labute approximate surface area is 105 Å². The molecule has 0 radical (unpaired) electrons. The van der Waals surface area contributed by atoms with Gasteiger partial charge in [-0.1, -0.05) is 13.8 Å². The van der Waals surface area contributed by atoms with Crippen LogP contribution in [0, 0.1) is 11.8 Å². The molecule has 4 nitrogen and oxygen atoms in total. The highest BCUT2D eigenvalue weighted by Gasteiger charge is 2.32. The molecule has 1 unspecified atom stereocenters. The quantitative estimate of drug-likeness (QED) is 0.728. The van der Waals surface area contributed by atoms with E-state index in [0.717, 1.165) is 12.8 Å². The SMILES string of the molecule is CC(C)CCS(=O)(=O)NC(CN)C1CC1.Cl. The molecule has 1 aliphatic rings. The average Bonchev–Trinajstić information content (AvgIpc) is 2.94. The third kappa shape index (κ3) is 6.03. The number of sulfonamides is 1. The molecule has 1 fully saturated rings. The molecule has 0 bridgehead atoms. The van der Waals surface area contributed by atoms with E-state index in [1.807, 2.05) is 13.8 Å². The lowest BCUT2D eigenvalue weighted by molar-refractivity contribution is 0.512. The van der Waals surface area contributed by atoms with E-state index in [0.29, 0.717) is 24.8 Å². The van der Waals surface area contributed by atoms with E-state index in [-0.39, 0.29) is 24.2 Å². The monoisotopic (exact) mass is 270 g/mol. The summed E-state index contributed by atoms with van der Waals surface area (Å²) in [4.78, 5) is 0. The molecule has 1 saturated carbocycles. The fourth-order valence-corrected chi connectivity index (χ4v) is 3.17. The minimum atomic E-state index is -3.12. The van der Waals surface area contributed by atoms with Crippen molar-refractivity contribution in [1.82, 2.24) is 4.72 Å². The lowest BCUT2D eigenvalue weighted by atomic mass is 10.2. The lowest BCUT2D eigenvalue weighted by Crippen LogP contribution is -2.42. The van der Waals surface area contributed by atoms with Gasteiger partial charge >= 0.3 is 0 Å². The van der Waals surface area contributed by atoms with Crippen molar-refractivity contribution in [2.45, 2.75) is 39.2 Å². The van der Waals surface area contributed by atoms with Crippen LogP contribution in [0.15, 0.2) is 0 Å². The standard InChI is InChI=1S/C10H22N2O2S.ClH/c1-8(2)5-6-15(13,14)12-10(7-11)9-3-4-9;/h8-10,12H,3-7,11H2,1-2H3;1H. The van der Waals surface area contributed by atoms with Crippen molar-refractivity contribution < 1.29 is 8.42 Å². The van der Waals surface area contributed by atoms with Crippen LogP contribution in [0.5, 0.6) is 0 Å². The molecule has 0 saturated heterocycles. The zero-order valence-electron chi connectivity index (χ0n) is 9.98. The van der Waals surface area contributed by atoms with Crippen molar-refractivity contribution in [3.63, 3.8) is 0 Å². The molecule has 1 atom stereocenters. The summed E-state index contributed by atoms with van der Waals surface area (Å²) in [6.07, 6.45) is 2.92. The molecule has 3 N–H and O–H groups in total. The average molecular weight is 271 g/mol. The third-order valence-corrected chi connectivity index (χ3v) is 4.17. The summed E-state index contributed by atoms with van der Waals surface area (Å²) in [6, 6.07) is -0.0397. The molecule has 6 heteroatoms. The van der Waals surface area contributed by atoms with Gasteiger partial charge in [0.05, 0.1) is 5.75 Å². The zero-order chi connectivity index (χ0) is 11.5. The Morgan fingerprint density at radius 2 is 1.94 bits per heavy atom. The first-order valence-corrected chi connectivity index (χ1v) is 7.30. The molecule has 0 spiro atoms. The number of hydrogen-bond acceptors (Lipinski definition) is 3. The molecule has 98 valence electrons. The molecular weight excluding hydrogens is 248 g/mol. The number of nitrogens with two attached hydrogens (primary N) is 1. The summed E-state index contributed by atoms with van der Waals surface area (Å²) in [7, 11) is -3.12. The van der Waals surface area contributed by atoms with Crippen LogP contribution in [0.4, 0.5) is 0 Å². The topological polar surface area (TPSA) is 72.2 Å². The molecule has 16 heavy (non-hydrogen) atoms. The van der Waals surface area contributed by atoms with Crippen LogP contribution in [0.2, 0.25) is 0 Å². The van der Waals surface area contributed by atoms with Crippen LogP contribution in [-0.4, -0.2) is 26.8 Å². The summed E-state index contributed by atoms with van der Waals surface area (Å²) in [5.41, 5.74) is 5.55. The summed E-state index contributed by atoms with van der Waals surface area (Å²) in [5, 5.41) is 0. The maximum absolute atomic E-state index is 11.7. The second-order valence-electron chi connectivity index (χ2n) is 4.80. The van der Waals surface area contributed by atoms with Gasteiger partial charge in [-0.05, 0) is 31.1 Å². The van der Waals surface area contributed by atoms with Gasteiger partial charge in [0.15, 0.2) is 0 Å². The van der Waals surface area contributed by atoms with Gasteiger partial charge < -0.3 is 5.73 Å². The molecule has 1 rings (SSSR count). The summed E-state index contributed by atoms with van der Waals surface area (Å²) >= 11 is 0. The van der Waals surface area contributed by atoms with Crippen LogP contribution < -0.4 is 10.5 Å². The zero-order valence-corrected chi connectivity index (χ0v) is 11.6. The van der Waals surface area contributed by atoms with Gasteiger partial charge in [0.1, 0.15) is 0 Å². The van der Waals surface area contributed by atoms with E-state index >= 15 is 0 Å². The van der Waals surface area contributed by atoms with E-state index < -0.39 is 10.0 Å². The van der Waals surface area contributed by atoms with E-state index in [9.17, 15) is 8.42 Å². The van der Waals surface area contributed by atoms with Gasteiger partial charge in [-0.2, -0.15) is 0 Å². The van der Waals surface area contributed by atoms with Crippen LogP contribution in [0.25, 0.3) is 0 Å². The first-order valence-electron chi connectivity index (χ1n) is 5.64. The van der Waals surface area contributed by atoms with Crippen LogP contribution >= 0.6 is 12.4 Å². The summed E-state index contributed by atoms with van der Waals surface area (Å²) in [6.45, 7) is 4.46. The van der Waals surface area contributed by atoms with Crippen molar-refractivity contribution in [1.29, 1.82) is 0 Å². The van der Waals surface area contributed by atoms with Gasteiger partial charge in [-0.3, -0.25) is 0 Å². The van der Waals surface area contributed by atoms with Crippen molar-refractivity contribution in [2.75, 3.05) is 12.3 Å². The van der Waals surface area contributed by atoms with Crippen LogP contribution in [-0.2, 0) is 10.0 Å². The van der Waals surface area contributed by atoms with E-state index in [1.165, 1.54) is 0 Å². The molecule has 1 aliphatic carbocycles. The third-order valence-electron chi connectivity index (χ3n) is 2.74. The molecule has 0 aromatic rings.